The largest absolute Gasteiger partial charge is 0.493 e. The summed E-state index contributed by atoms with van der Waals surface area (Å²) in [5, 5.41) is 0.809. The molecule has 2 aromatic carbocycles. The van der Waals surface area contributed by atoms with Crippen LogP contribution in [0, 0.1) is 6.92 Å². The first kappa shape index (κ1) is 21.0. The molecule has 0 radical (unpaired) electrons. The van der Waals surface area contributed by atoms with E-state index < -0.39 is 5.97 Å². The summed E-state index contributed by atoms with van der Waals surface area (Å²) in [5.41, 5.74) is 2.80. The highest BCUT2D eigenvalue weighted by Crippen LogP contribution is 2.38. The molecule has 0 saturated heterocycles. The molecule has 0 aliphatic rings. The number of ketones is 1. The van der Waals surface area contributed by atoms with Gasteiger partial charge >= 0.3 is 5.97 Å². The van der Waals surface area contributed by atoms with Crippen LogP contribution in [0.5, 0.6) is 17.2 Å². The number of carbonyl (C=O) groups excluding carboxylic acids is 2. The van der Waals surface area contributed by atoms with E-state index in [0.717, 1.165) is 16.6 Å². The molecular weight excluding hydrogens is 386 g/mol. The fourth-order valence-corrected chi connectivity index (χ4v) is 3.25. The predicted octanol–water partition coefficient (Wildman–Crippen LogP) is 3.94. The molecule has 0 spiro atoms. The van der Waals surface area contributed by atoms with Gasteiger partial charge in [-0.3, -0.25) is 4.79 Å². The zero-order valence-corrected chi connectivity index (χ0v) is 17.3. The second kappa shape index (κ2) is 9.17. The number of rotatable bonds is 8. The Morgan fingerprint density at radius 2 is 1.67 bits per heavy atom. The molecule has 1 heterocycles. The van der Waals surface area contributed by atoms with Crippen molar-refractivity contribution in [1.29, 1.82) is 0 Å². The van der Waals surface area contributed by atoms with Crippen LogP contribution in [-0.2, 0) is 9.53 Å². The van der Waals surface area contributed by atoms with Crippen LogP contribution in [0.25, 0.3) is 17.0 Å². The number of aromatic nitrogens is 1. The van der Waals surface area contributed by atoms with Gasteiger partial charge in [-0.15, -0.1) is 0 Å². The standard InChI is InChI=1S/C23H23NO6/c1-14-22(16-7-5-6-8-17(16)24-14)18(25)13-30-21(26)10-9-15-11-19(27-2)23(29-4)20(12-15)28-3/h5-12,24H,13H2,1-4H3/b10-9+. The molecule has 0 fully saturated rings. The van der Waals surface area contributed by atoms with Crippen LogP contribution in [0.15, 0.2) is 42.5 Å². The number of nitrogens with one attached hydrogen (secondary N) is 1. The highest BCUT2D eigenvalue weighted by atomic mass is 16.5. The summed E-state index contributed by atoms with van der Waals surface area (Å²) in [6.07, 6.45) is 2.80. The van der Waals surface area contributed by atoms with Crippen molar-refractivity contribution in [1.82, 2.24) is 4.98 Å². The van der Waals surface area contributed by atoms with E-state index in [0.29, 0.717) is 28.4 Å². The lowest BCUT2D eigenvalue weighted by Crippen LogP contribution is -2.13. The molecule has 0 atom stereocenters. The van der Waals surface area contributed by atoms with E-state index >= 15 is 0 Å². The Kier molecular flexibility index (Phi) is 6.41. The number of hydrogen-bond donors (Lipinski definition) is 1. The van der Waals surface area contributed by atoms with E-state index in [-0.39, 0.29) is 12.4 Å². The van der Waals surface area contributed by atoms with E-state index in [2.05, 4.69) is 4.98 Å². The lowest BCUT2D eigenvalue weighted by Gasteiger charge is -2.12. The van der Waals surface area contributed by atoms with Crippen molar-refractivity contribution < 1.29 is 28.5 Å². The number of hydrogen-bond acceptors (Lipinski definition) is 6. The number of esters is 1. The fraction of sp³-hybridized carbons (Fsp3) is 0.217. The monoisotopic (exact) mass is 409 g/mol. The Bertz CT molecular complexity index is 1090. The molecule has 1 N–H and O–H groups in total. The zero-order valence-electron chi connectivity index (χ0n) is 17.3. The number of H-pyrrole nitrogens is 1. The summed E-state index contributed by atoms with van der Waals surface area (Å²) < 4.78 is 21.0. The minimum absolute atomic E-state index is 0.264. The third kappa shape index (κ3) is 4.30. The van der Waals surface area contributed by atoms with Gasteiger partial charge < -0.3 is 23.9 Å². The quantitative estimate of drug-likeness (QED) is 0.344. The summed E-state index contributed by atoms with van der Waals surface area (Å²) in [5.74, 6) is 0.498. The van der Waals surface area contributed by atoms with Crippen LogP contribution >= 0.6 is 0 Å². The molecule has 0 saturated carbocycles. The summed E-state index contributed by atoms with van der Waals surface area (Å²) >= 11 is 0. The van der Waals surface area contributed by atoms with E-state index in [1.807, 2.05) is 31.2 Å². The molecule has 30 heavy (non-hydrogen) atoms. The minimum atomic E-state index is -0.630. The first-order chi connectivity index (χ1) is 14.5. The van der Waals surface area contributed by atoms with Crippen LogP contribution in [0.4, 0.5) is 0 Å². The average molecular weight is 409 g/mol. The maximum Gasteiger partial charge on any atom is 0.331 e. The van der Waals surface area contributed by atoms with E-state index in [1.165, 1.54) is 27.4 Å². The number of para-hydroxylation sites is 1. The van der Waals surface area contributed by atoms with Gasteiger partial charge in [0.15, 0.2) is 18.1 Å². The molecule has 156 valence electrons. The summed E-state index contributed by atoms with van der Waals surface area (Å²) in [6, 6.07) is 10.9. The van der Waals surface area contributed by atoms with Crippen molar-refractivity contribution in [3.8, 4) is 17.2 Å². The van der Waals surface area contributed by atoms with Gasteiger partial charge in [-0.05, 0) is 36.8 Å². The number of aromatic amines is 1. The molecule has 0 unspecified atom stereocenters. The van der Waals surface area contributed by atoms with Gasteiger partial charge in [-0.2, -0.15) is 0 Å². The average Bonchev–Trinajstić information content (AvgIpc) is 3.10. The molecule has 0 aliphatic heterocycles. The smallest absolute Gasteiger partial charge is 0.331 e. The van der Waals surface area contributed by atoms with E-state index in [4.69, 9.17) is 18.9 Å². The Labute approximate surface area is 174 Å². The molecule has 0 aliphatic carbocycles. The molecular formula is C23H23NO6. The number of aryl methyl sites for hydroxylation is 1. The Balaban J connectivity index is 1.69. The molecule has 1 aromatic heterocycles. The number of methoxy groups -OCH3 is 3. The molecule has 7 nitrogen and oxygen atoms in total. The number of ether oxygens (including phenoxy) is 4. The molecule has 0 bridgehead atoms. The number of carbonyl (C=O) groups is 2. The summed E-state index contributed by atoms with van der Waals surface area (Å²) in [4.78, 5) is 27.9. The Hall–Kier alpha value is -3.74. The first-order valence-electron chi connectivity index (χ1n) is 9.23. The maximum absolute atomic E-state index is 12.6. The summed E-state index contributed by atoms with van der Waals surface area (Å²) in [6.45, 7) is 1.47. The SMILES string of the molecule is COc1cc(/C=C/C(=O)OCC(=O)c2c(C)[nH]c3ccccc23)cc(OC)c1OC. The number of fused-ring (bicyclic) bond motifs is 1. The number of benzene rings is 2. The van der Waals surface area contributed by atoms with Crippen molar-refractivity contribution in [2.24, 2.45) is 0 Å². The van der Waals surface area contributed by atoms with Crippen molar-refractivity contribution >= 4 is 28.7 Å². The van der Waals surface area contributed by atoms with Gasteiger partial charge in [-0.1, -0.05) is 18.2 Å². The lowest BCUT2D eigenvalue weighted by molar-refractivity contribution is -0.136. The maximum atomic E-state index is 12.6. The second-order valence-electron chi connectivity index (χ2n) is 6.49. The number of Topliss-reactive ketones (excluding diaryl/α,β-unsaturated/α-hetero) is 1. The van der Waals surface area contributed by atoms with Crippen LogP contribution in [-0.4, -0.2) is 44.7 Å². The third-order valence-electron chi connectivity index (χ3n) is 4.62. The second-order valence-corrected chi connectivity index (χ2v) is 6.49. The fourth-order valence-electron chi connectivity index (χ4n) is 3.25. The topological polar surface area (TPSA) is 86.9 Å². The highest BCUT2D eigenvalue weighted by Gasteiger charge is 2.17. The normalized spacial score (nSPS) is 10.9. The van der Waals surface area contributed by atoms with Gasteiger partial charge in [-0.25, -0.2) is 4.79 Å². The van der Waals surface area contributed by atoms with Crippen molar-refractivity contribution in [3.63, 3.8) is 0 Å². The van der Waals surface area contributed by atoms with Gasteiger partial charge in [0.05, 0.1) is 21.3 Å². The van der Waals surface area contributed by atoms with Crippen LogP contribution in [0.2, 0.25) is 0 Å². The van der Waals surface area contributed by atoms with Crippen LogP contribution < -0.4 is 14.2 Å². The van der Waals surface area contributed by atoms with Gasteiger partial charge in [0.25, 0.3) is 0 Å². The Morgan fingerprint density at radius 1 is 1.00 bits per heavy atom. The lowest BCUT2D eigenvalue weighted by atomic mass is 10.1. The van der Waals surface area contributed by atoms with Crippen molar-refractivity contribution in [2.75, 3.05) is 27.9 Å². The predicted molar refractivity (Wildman–Crippen MR) is 113 cm³/mol. The van der Waals surface area contributed by atoms with Gasteiger partial charge in [0.2, 0.25) is 11.5 Å². The molecule has 3 aromatic rings. The van der Waals surface area contributed by atoms with Crippen molar-refractivity contribution in [2.45, 2.75) is 6.92 Å². The van der Waals surface area contributed by atoms with Crippen LogP contribution in [0.1, 0.15) is 21.6 Å². The van der Waals surface area contributed by atoms with Gasteiger partial charge in [0.1, 0.15) is 0 Å². The zero-order chi connectivity index (χ0) is 21.7. The molecule has 3 rings (SSSR count). The minimum Gasteiger partial charge on any atom is -0.493 e. The molecule has 0 amide bonds. The first-order valence-corrected chi connectivity index (χ1v) is 9.23. The van der Waals surface area contributed by atoms with Crippen molar-refractivity contribution in [3.05, 3.63) is 59.3 Å². The van der Waals surface area contributed by atoms with E-state index in [1.54, 1.807) is 18.2 Å². The van der Waals surface area contributed by atoms with E-state index in [9.17, 15) is 9.59 Å². The Morgan fingerprint density at radius 3 is 2.30 bits per heavy atom. The van der Waals surface area contributed by atoms with Crippen LogP contribution in [0.3, 0.4) is 0 Å². The third-order valence-corrected chi connectivity index (χ3v) is 4.62. The molecule has 7 heteroatoms. The highest BCUT2D eigenvalue weighted by molar-refractivity contribution is 6.10. The summed E-state index contributed by atoms with van der Waals surface area (Å²) in [7, 11) is 4.54. The van der Waals surface area contributed by atoms with Gasteiger partial charge in [0, 0.05) is 28.2 Å².